The van der Waals surface area contributed by atoms with Gasteiger partial charge in [-0.05, 0) is 0 Å². The monoisotopic (exact) mass is 266 g/mol. The molecule has 0 spiro atoms. The third kappa shape index (κ3) is 3.32. The van der Waals surface area contributed by atoms with Crippen LogP contribution in [0.3, 0.4) is 0 Å². The summed E-state index contributed by atoms with van der Waals surface area (Å²) in [7, 11) is -0.877. The molecule has 0 nitrogen and oxygen atoms in total. The Morgan fingerprint density at radius 2 is 0.650 bits per heavy atom. The maximum absolute atomic E-state index is 2.24. The molecule has 0 N–H and O–H groups in total. The zero-order valence-corrected chi connectivity index (χ0v) is 12.7. The van der Waals surface area contributed by atoms with E-state index < -0.39 is 8.80 Å². The molecule has 3 aromatic rings. The molecule has 2 heteroatoms. The van der Waals surface area contributed by atoms with E-state index in [1.807, 2.05) is 0 Å². The Bertz CT molecular complexity index is 529. The molecule has 0 aliphatic heterocycles. The summed E-state index contributed by atoms with van der Waals surface area (Å²) in [5.74, 6) is 0. The first-order chi connectivity index (χ1) is 9.45. The van der Waals surface area contributed by atoms with Crippen molar-refractivity contribution >= 4 is 24.4 Å². The molecule has 0 unspecified atom stereocenters. The largest absolute Gasteiger partial charge is 1.00 e. The molecule has 0 aliphatic rings. The quantitative estimate of drug-likeness (QED) is 0.430. The maximum Gasteiger partial charge on any atom is 1.00 e. The van der Waals surface area contributed by atoms with Crippen LogP contribution in [-0.2, 0) is 0 Å². The molecule has 0 bridgehead atoms. The van der Waals surface area contributed by atoms with Gasteiger partial charge in [0.15, 0.2) is 8.80 Å². The number of hydrogen-bond acceptors (Lipinski definition) is 0. The van der Waals surface area contributed by atoms with Crippen LogP contribution in [-0.4, -0.2) is 8.80 Å². The van der Waals surface area contributed by atoms with Crippen molar-refractivity contribution < 1.29 is 18.9 Å². The van der Waals surface area contributed by atoms with E-state index in [1.54, 1.807) is 0 Å². The Morgan fingerprint density at radius 3 is 0.900 bits per heavy atom. The summed E-state index contributed by atoms with van der Waals surface area (Å²) in [5, 5.41) is 4.31. The van der Waals surface area contributed by atoms with Crippen LogP contribution >= 0.6 is 0 Å². The van der Waals surface area contributed by atoms with E-state index in [9.17, 15) is 0 Å². The Morgan fingerprint density at radius 1 is 0.400 bits per heavy atom. The van der Waals surface area contributed by atoms with Crippen LogP contribution in [0.1, 0.15) is 0 Å². The minimum absolute atomic E-state index is 0. The molecule has 3 rings (SSSR count). The summed E-state index contributed by atoms with van der Waals surface area (Å²) in [6.45, 7) is 0. The molecule has 3 aromatic carbocycles. The second kappa shape index (κ2) is 7.31. The second-order valence-corrected chi connectivity index (χ2v) is 6.96. The van der Waals surface area contributed by atoms with Crippen LogP contribution in [0.5, 0.6) is 0 Å². The van der Waals surface area contributed by atoms with Gasteiger partial charge in [0, 0.05) is 0 Å². The van der Waals surface area contributed by atoms with Gasteiger partial charge >= 0.3 is 18.9 Å². The van der Waals surface area contributed by atoms with E-state index in [0.717, 1.165) is 0 Å². The van der Waals surface area contributed by atoms with Crippen LogP contribution in [0.15, 0.2) is 91.0 Å². The van der Waals surface area contributed by atoms with Gasteiger partial charge in [-0.25, -0.2) is 0 Å². The topological polar surface area (TPSA) is 0 Å². The van der Waals surface area contributed by atoms with Crippen LogP contribution < -0.4 is 34.4 Å². The van der Waals surface area contributed by atoms with Gasteiger partial charge < -0.3 is 0 Å². The summed E-state index contributed by atoms with van der Waals surface area (Å²) in [6, 6.07) is 32.5. The van der Waals surface area contributed by atoms with Gasteiger partial charge in [0.05, 0.1) is 0 Å². The van der Waals surface area contributed by atoms with Crippen molar-refractivity contribution in [1.29, 1.82) is 0 Å². The summed E-state index contributed by atoms with van der Waals surface area (Å²) in [5.41, 5.74) is 0. The van der Waals surface area contributed by atoms with E-state index in [-0.39, 0.29) is 18.9 Å². The predicted molar refractivity (Wildman–Crippen MR) is 84.0 cm³/mol. The van der Waals surface area contributed by atoms with Crippen molar-refractivity contribution in [3.63, 3.8) is 0 Å². The fourth-order valence-corrected chi connectivity index (χ4v) is 4.89. The zero-order valence-electron chi connectivity index (χ0n) is 11.7. The molecule has 0 heterocycles. The number of hydrogen-bond donors (Lipinski definition) is 0. The van der Waals surface area contributed by atoms with Gasteiger partial charge in [-0.15, -0.1) is 0 Å². The predicted octanol–water partition coefficient (Wildman–Crippen LogP) is -0.793. The number of benzene rings is 3. The van der Waals surface area contributed by atoms with Crippen molar-refractivity contribution in [3.8, 4) is 0 Å². The van der Waals surface area contributed by atoms with Crippen molar-refractivity contribution in [2.75, 3.05) is 0 Å². The first-order valence-corrected chi connectivity index (χ1v) is 7.98. The van der Waals surface area contributed by atoms with Gasteiger partial charge in [-0.2, -0.15) is 0 Å². The third-order valence-electron chi connectivity index (χ3n) is 3.19. The molecular weight excluding hydrogens is 251 g/mol. The zero-order chi connectivity index (χ0) is 12.9. The fourth-order valence-electron chi connectivity index (χ4n) is 2.31. The summed E-state index contributed by atoms with van der Waals surface area (Å²) >= 11 is 0. The van der Waals surface area contributed by atoms with Crippen molar-refractivity contribution in [3.05, 3.63) is 91.0 Å². The van der Waals surface area contributed by atoms with Gasteiger partial charge in [0.2, 0.25) is 0 Å². The average Bonchev–Trinajstić information content (AvgIpc) is 2.51. The van der Waals surface area contributed by atoms with Crippen molar-refractivity contribution in [2.24, 2.45) is 0 Å². The van der Waals surface area contributed by atoms with Crippen LogP contribution in [0.4, 0.5) is 0 Å². The molecule has 0 atom stereocenters. The van der Waals surface area contributed by atoms with Crippen molar-refractivity contribution in [1.82, 2.24) is 0 Å². The second-order valence-electron chi connectivity index (χ2n) is 4.47. The Balaban J connectivity index is 0.00000147. The first kappa shape index (κ1) is 14.9. The van der Waals surface area contributed by atoms with Gasteiger partial charge in [0.25, 0.3) is 0 Å². The molecule has 1 radical (unpaired) electrons. The molecule has 0 saturated carbocycles. The van der Waals surface area contributed by atoms with Gasteiger partial charge in [-0.1, -0.05) is 107 Å². The van der Waals surface area contributed by atoms with E-state index in [1.165, 1.54) is 15.6 Å². The fraction of sp³-hybridized carbons (Fsp3) is 0. The SMILES string of the molecule is [Li+].c1ccc([Si](c2ccccc2)c2ccccc2)cc1. The molecule has 91 valence electrons. The van der Waals surface area contributed by atoms with Gasteiger partial charge in [0.1, 0.15) is 0 Å². The molecule has 0 aliphatic carbocycles. The molecular formula is C18H15LiSi+. The maximum atomic E-state index is 2.24. The third-order valence-corrected chi connectivity index (χ3v) is 5.92. The number of rotatable bonds is 3. The van der Waals surface area contributed by atoms with E-state index in [2.05, 4.69) is 91.0 Å². The molecule has 20 heavy (non-hydrogen) atoms. The standard InChI is InChI=1S/C18H15Si.Li/c1-4-10-16(11-5-1)19(17-12-6-2-7-13-17)18-14-8-3-9-15-18;/h1-15H;/q;+1. The Kier molecular flexibility index (Phi) is 5.44. The Hall–Kier alpha value is -1.53. The summed E-state index contributed by atoms with van der Waals surface area (Å²) in [6.07, 6.45) is 0. The summed E-state index contributed by atoms with van der Waals surface area (Å²) in [4.78, 5) is 0. The van der Waals surface area contributed by atoms with E-state index in [0.29, 0.717) is 0 Å². The van der Waals surface area contributed by atoms with Crippen molar-refractivity contribution in [2.45, 2.75) is 0 Å². The Labute approximate surface area is 134 Å². The first-order valence-electron chi connectivity index (χ1n) is 6.48. The minimum atomic E-state index is -0.877. The molecule has 0 fully saturated rings. The summed E-state index contributed by atoms with van der Waals surface area (Å²) < 4.78 is 0. The van der Waals surface area contributed by atoms with E-state index >= 15 is 0 Å². The van der Waals surface area contributed by atoms with Crippen LogP contribution in [0.25, 0.3) is 0 Å². The van der Waals surface area contributed by atoms with Gasteiger partial charge in [-0.3, -0.25) is 0 Å². The normalized spacial score (nSPS) is 10.1. The average molecular weight is 266 g/mol. The van der Waals surface area contributed by atoms with Crippen LogP contribution in [0, 0.1) is 0 Å². The smallest absolute Gasteiger partial charge is 0.0624 e. The molecule has 0 aromatic heterocycles. The minimum Gasteiger partial charge on any atom is -0.0624 e. The molecule has 0 amide bonds. The van der Waals surface area contributed by atoms with Crippen LogP contribution in [0.2, 0.25) is 0 Å². The van der Waals surface area contributed by atoms with E-state index in [4.69, 9.17) is 0 Å². The molecule has 0 saturated heterocycles.